The number of benzene rings is 1. The van der Waals surface area contributed by atoms with E-state index in [1.54, 1.807) is 18.6 Å². The molecule has 0 amide bonds. The molecule has 0 atom stereocenters. The van der Waals surface area contributed by atoms with Crippen molar-refractivity contribution in [1.29, 1.82) is 0 Å². The van der Waals surface area contributed by atoms with Gasteiger partial charge in [0.1, 0.15) is 17.7 Å². The van der Waals surface area contributed by atoms with Gasteiger partial charge in [-0.25, -0.2) is 19.3 Å². The molecular weight excluding hydrogens is 461 g/mol. The molecule has 34 heavy (non-hydrogen) atoms. The van der Waals surface area contributed by atoms with Crippen LogP contribution in [0.15, 0.2) is 42.9 Å². The first kappa shape index (κ1) is 23.6. The Balaban J connectivity index is 0.000000636. The monoisotopic (exact) mass is 483 g/mol. The molecule has 176 valence electrons. The summed E-state index contributed by atoms with van der Waals surface area (Å²) in [4.78, 5) is 29.7. The van der Waals surface area contributed by atoms with E-state index >= 15 is 0 Å². The number of nitrogens with zero attached hydrogens (tertiary/aromatic N) is 4. The van der Waals surface area contributed by atoms with Gasteiger partial charge < -0.3 is 14.8 Å². The molecule has 0 aliphatic heterocycles. The van der Waals surface area contributed by atoms with Crippen molar-refractivity contribution in [3.63, 3.8) is 0 Å². The van der Waals surface area contributed by atoms with Crippen LogP contribution in [-0.2, 0) is 4.79 Å². The maximum atomic E-state index is 13.6. The highest BCUT2D eigenvalue weighted by molar-refractivity contribution is 6.31. The van der Waals surface area contributed by atoms with Crippen molar-refractivity contribution < 1.29 is 19.0 Å². The lowest BCUT2D eigenvalue weighted by Gasteiger charge is -2.21. The molecule has 5 rings (SSSR count). The fraction of sp³-hybridized carbons (Fsp3) is 0.292. The Bertz CT molecular complexity index is 1230. The Kier molecular flexibility index (Phi) is 7.32. The van der Waals surface area contributed by atoms with E-state index in [0.29, 0.717) is 22.9 Å². The number of aromatic nitrogens is 5. The average molecular weight is 484 g/mol. The van der Waals surface area contributed by atoms with Gasteiger partial charge in [-0.2, -0.15) is 0 Å². The van der Waals surface area contributed by atoms with Crippen molar-refractivity contribution in [2.24, 2.45) is 0 Å². The zero-order valence-electron chi connectivity index (χ0n) is 18.5. The summed E-state index contributed by atoms with van der Waals surface area (Å²) in [5, 5.41) is 7.46. The number of ether oxygens (including phenoxy) is 1. The number of carboxylic acid groups (broad SMARTS) is 1. The molecule has 1 aromatic carbocycles. The van der Waals surface area contributed by atoms with Crippen molar-refractivity contribution in [2.45, 2.75) is 45.1 Å². The average Bonchev–Trinajstić information content (AvgIpc) is 3.23. The lowest BCUT2D eigenvalue weighted by molar-refractivity contribution is -0.134. The number of H-pyrrole nitrogens is 1. The number of rotatable bonds is 4. The summed E-state index contributed by atoms with van der Waals surface area (Å²) in [6, 6.07) is 7.02. The minimum absolute atomic E-state index is 0.0462. The second kappa shape index (κ2) is 10.6. The van der Waals surface area contributed by atoms with E-state index in [4.69, 9.17) is 26.2 Å². The van der Waals surface area contributed by atoms with E-state index in [1.807, 2.05) is 12.1 Å². The Morgan fingerprint density at radius 3 is 2.41 bits per heavy atom. The Morgan fingerprint density at radius 2 is 1.76 bits per heavy atom. The maximum Gasteiger partial charge on any atom is 0.316 e. The molecule has 1 aliphatic carbocycles. The molecule has 1 aliphatic rings. The number of aromatic amines is 1. The molecule has 0 saturated heterocycles. The van der Waals surface area contributed by atoms with Crippen LogP contribution in [0.4, 0.5) is 4.39 Å². The number of nitrogens with one attached hydrogen (secondary N) is 1. The normalized spacial score (nSPS) is 13.9. The van der Waals surface area contributed by atoms with E-state index in [1.165, 1.54) is 31.4 Å². The van der Waals surface area contributed by atoms with E-state index in [-0.39, 0.29) is 11.1 Å². The number of fused-ring (bicyclic) bond motifs is 1. The Morgan fingerprint density at radius 1 is 1.09 bits per heavy atom. The van der Waals surface area contributed by atoms with E-state index in [9.17, 15) is 4.39 Å². The van der Waals surface area contributed by atoms with Crippen LogP contribution in [0.3, 0.4) is 0 Å². The lowest BCUT2D eigenvalue weighted by atomic mass is 9.98. The number of hydrogen-bond acceptors (Lipinski definition) is 6. The molecule has 0 radical (unpaired) electrons. The first-order chi connectivity index (χ1) is 16.4. The van der Waals surface area contributed by atoms with Crippen molar-refractivity contribution in [2.75, 3.05) is 0 Å². The number of pyridine rings is 1. The van der Waals surface area contributed by atoms with Crippen LogP contribution in [-0.4, -0.2) is 42.1 Å². The summed E-state index contributed by atoms with van der Waals surface area (Å²) < 4.78 is 19.5. The summed E-state index contributed by atoms with van der Waals surface area (Å²) in [7, 11) is 0. The molecule has 2 N–H and O–H groups in total. The number of aliphatic carboxylic acids is 1. The first-order valence-electron chi connectivity index (χ1n) is 10.9. The highest BCUT2D eigenvalue weighted by Gasteiger charge is 2.16. The molecule has 10 heteroatoms. The van der Waals surface area contributed by atoms with Crippen molar-refractivity contribution in [3.05, 3.63) is 53.7 Å². The Hall–Kier alpha value is -3.59. The third kappa shape index (κ3) is 5.85. The Labute approximate surface area is 200 Å². The number of imidazole rings is 1. The molecule has 0 bridgehead atoms. The number of carbonyl (C=O) groups is 1. The van der Waals surface area contributed by atoms with Gasteiger partial charge in [0.05, 0.1) is 21.7 Å². The van der Waals surface area contributed by atoms with Crippen LogP contribution in [0.2, 0.25) is 5.02 Å². The van der Waals surface area contributed by atoms with Gasteiger partial charge in [0, 0.05) is 42.7 Å². The zero-order valence-corrected chi connectivity index (χ0v) is 19.2. The van der Waals surface area contributed by atoms with Gasteiger partial charge >= 0.3 is 6.01 Å². The van der Waals surface area contributed by atoms with Crippen molar-refractivity contribution in [1.82, 2.24) is 24.9 Å². The molecule has 0 spiro atoms. The van der Waals surface area contributed by atoms with Crippen LogP contribution in [0, 0.1) is 5.82 Å². The molecule has 1 saturated carbocycles. The highest BCUT2D eigenvalue weighted by atomic mass is 35.5. The molecule has 0 unspecified atom stereocenters. The fourth-order valence-electron chi connectivity index (χ4n) is 3.69. The van der Waals surface area contributed by atoms with Gasteiger partial charge in [-0.3, -0.25) is 9.78 Å². The van der Waals surface area contributed by atoms with Crippen LogP contribution in [0.1, 0.15) is 39.0 Å². The van der Waals surface area contributed by atoms with Crippen molar-refractivity contribution >= 4 is 28.6 Å². The standard InChI is InChI=1S/C22H19ClFN5O.C2H4O2/c23-16-8-19-20(9-17(16)24)29-21(28-19)13-6-7-18(25-10-13)14-11-26-22(27-12-14)30-15-4-2-1-3-5-15;1-2(3)4/h6-12,15H,1-5H2,(H,28,29);1H3,(H,3,4). The van der Waals surface area contributed by atoms with Gasteiger partial charge in [-0.15, -0.1) is 0 Å². The SMILES string of the molecule is CC(=O)O.Fc1cc2[nH]c(-c3ccc(-c4cnc(OC5CCCCC5)nc4)nc3)nc2cc1Cl. The third-order valence-electron chi connectivity index (χ3n) is 5.31. The molecule has 3 aromatic heterocycles. The molecule has 3 heterocycles. The largest absolute Gasteiger partial charge is 0.481 e. The second-order valence-electron chi connectivity index (χ2n) is 7.95. The van der Waals surface area contributed by atoms with Gasteiger partial charge in [0.15, 0.2) is 0 Å². The maximum absolute atomic E-state index is 13.6. The second-order valence-corrected chi connectivity index (χ2v) is 8.36. The lowest BCUT2D eigenvalue weighted by Crippen LogP contribution is -2.20. The molecule has 1 fully saturated rings. The van der Waals surface area contributed by atoms with E-state index < -0.39 is 11.8 Å². The number of halogens is 2. The van der Waals surface area contributed by atoms with Crippen molar-refractivity contribution in [3.8, 4) is 28.7 Å². The molecule has 8 nitrogen and oxygen atoms in total. The van der Waals surface area contributed by atoms with Crippen LogP contribution in [0.5, 0.6) is 6.01 Å². The highest BCUT2D eigenvalue weighted by Crippen LogP contribution is 2.26. The predicted octanol–water partition coefficient (Wildman–Crippen LogP) is 5.68. The quantitative estimate of drug-likeness (QED) is 0.384. The van der Waals surface area contributed by atoms with Crippen LogP contribution < -0.4 is 4.74 Å². The number of carboxylic acids is 1. The summed E-state index contributed by atoms with van der Waals surface area (Å²) in [6.07, 6.45) is 11.2. The summed E-state index contributed by atoms with van der Waals surface area (Å²) in [6.45, 7) is 1.08. The van der Waals surface area contributed by atoms with Gasteiger partial charge in [0.25, 0.3) is 5.97 Å². The smallest absolute Gasteiger partial charge is 0.316 e. The van der Waals surface area contributed by atoms with Gasteiger partial charge in [0.2, 0.25) is 0 Å². The molecular formula is C24H23ClFN5O3. The number of hydrogen-bond donors (Lipinski definition) is 2. The fourth-order valence-corrected chi connectivity index (χ4v) is 3.85. The summed E-state index contributed by atoms with van der Waals surface area (Å²) >= 11 is 5.84. The first-order valence-corrected chi connectivity index (χ1v) is 11.3. The third-order valence-corrected chi connectivity index (χ3v) is 5.60. The summed E-state index contributed by atoms with van der Waals surface area (Å²) in [5.74, 6) is -0.720. The topological polar surface area (TPSA) is 114 Å². The van der Waals surface area contributed by atoms with Crippen LogP contribution in [0.25, 0.3) is 33.7 Å². The van der Waals surface area contributed by atoms with Gasteiger partial charge in [-0.05, 0) is 43.9 Å². The summed E-state index contributed by atoms with van der Waals surface area (Å²) in [5.41, 5.74) is 3.51. The van der Waals surface area contributed by atoms with Gasteiger partial charge in [-0.1, -0.05) is 18.0 Å². The predicted molar refractivity (Wildman–Crippen MR) is 126 cm³/mol. The van der Waals surface area contributed by atoms with E-state index in [0.717, 1.165) is 36.6 Å². The minimum atomic E-state index is -0.833. The molecule has 4 aromatic rings. The minimum Gasteiger partial charge on any atom is -0.481 e. The van der Waals surface area contributed by atoms with E-state index in [2.05, 4.69) is 24.9 Å². The zero-order chi connectivity index (χ0) is 24.1. The van der Waals surface area contributed by atoms with Crippen LogP contribution >= 0.6 is 11.6 Å².